The Morgan fingerprint density at radius 1 is 1.24 bits per heavy atom. The summed E-state index contributed by atoms with van der Waals surface area (Å²) in [4.78, 5) is 30.6. The van der Waals surface area contributed by atoms with E-state index >= 15 is 0 Å². The number of carbonyl (C=O) groups excluding carboxylic acids is 2. The molecule has 1 aromatic carbocycles. The summed E-state index contributed by atoms with van der Waals surface area (Å²) >= 11 is 1.42. The number of anilines is 1. The number of hydrogen-bond donors (Lipinski definition) is 2. The van der Waals surface area contributed by atoms with Gasteiger partial charge in [0.25, 0.3) is 5.91 Å². The molecular weight excluding hydrogens is 388 g/mol. The second kappa shape index (κ2) is 9.78. The summed E-state index contributed by atoms with van der Waals surface area (Å²) < 4.78 is 5.76. The lowest BCUT2D eigenvalue weighted by Crippen LogP contribution is -2.44. The van der Waals surface area contributed by atoms with Crippen molar-refractivity contribution in [3.63, 3.8) is 0 Å². The molecule has 3 rings (SSSR count). The molecular formula is C21H26N4O3S. The number of aromatic nitrogens is 1. The highest BCUT2D eigenvalue weighted by Gasteiger charge is 2.22. The Labute approximate surface area is 174 Å². The number of morpholine rings is 1. The lowest BCUT2D eigenvalue weighted by atomic mass is 10.1. The van der Waals surface area contributed by atoms with Gasteiger partial charge in [-0.3, -0.25) is 19.8 Å². The zero-order chi connectivity index (χ0) is 20.8. The van der Waals surface area contributed by atoms with Crippen molar-refractivity contribution in [2.75, 3.05) is 25.5 Å². The molecule has 0 aliphatic carbocycles. The quantitative estimate of drug-likeness (QED) is 0.710. The van der Waals surface area contributed by atoms with Gasteiger partial charge in [0.2, 0.25) is 5.91 Å². The van der Waals surface area contributed by atoms with Crippen LogP contribution in [0.4, 0.5) is 5.13 Å². The number of nitrogens with zero attached hydrogens (tertiary/aromatic N) is 2. The van der Waals surface area contributed by atoms with Gasteiger partial charge in [-0.05, 0) is 37.6 Å². The van der Waals surface area contributed by atoms with Gasteiger partial charge >= 0.3 is 0 Å². The first-order chi connectivity index (χ1) is 13.9. The summed E-state index contributed by atoms with van der Waals surface area (Å²) in [5, 5.41) is 7.93. The fourth-order valence-corrected chi connectivity index (χ4v) is 3.99. The summed E-state index contributed by atoms with van der Waals surface area (Å²) in [7, 11) is 1.59. The van der Waals surface area contributed by atoms with Crippen molar-refractivity contribution in [3.05, 3.63) is 52.5 Å². The number of amides is 2. The molecule has 1 fully saturated rings. The fourth-order valence-electron chi connectivity index (χ4n) is 3.29. The fraction of sp³-hybridized carbons (Fsp3) is 0.381. The number of rotatable bonds is 6. The van der Waals surface area contributed by atoms with Crippen LogP contribution in [0.1, 0.15) is 35.5 Å². The molecule has 2 amide bonds. The number of ether oxygens (including phenoxy) is 1. The van der Waals surface area contributed by atoms with E-state index in [-0.39, 0.29) is 24.0 Å². The molecule has 154 valence electrons. The second-order valence-electron chi connectivity index (χ2n) is 7.12. The molecule has 0 bridgehead atoms. The third-order valence-corrected chi connectivity index (χ3v) is 5.30. The predicted octanol–water partition coefficient (Wildman–Crippen LogP) is 2.76. The average Bonchev–Trinajstić information content (AvgIpc) is 3.12. The Balaban J connectivity index is 1.52. The Morgan fingerprint density at radius 2 is 1.93 bits per heavy atom. The molecule has 1 saturated heterocycles. The topological polar surface area (TPSA) is 83.6 Å². The van der Waals surface area contributed by atoms with Gasteiger partial charge in [0.1, 0.15) is 0 Å². The molecule has 2 aromatic rings. The van der Waals surface area contributed by atoms with Crippen LogP contribution in [0.25, 0.3) is 6.08 Å². The minimum absolute atomic E-state index is 0.140. The van der Waals surface area contributed by atoms with Gasteiger partial charge in [-0.15, -0.1) is 11.3 Å². The van der Waals surface area contributed by atoms with Gasteiger partial charge in [-0.25, -0.2) is 4.98 Å². The molecule has 7 nitrogen and oxygen atoms in total. The molecule has 0 radical (unpaired) electrons. The number of carbonyl (C=O) groups is 2. The smallest absolute Gasteiger partial charge is 0.251 e. The lowest BCUT2D eigenvalue weighted by molar-refractivity contribution is -0.111. The van der Waals surface area contributed by atoms with Gasteiger partial charge in [0, 0.05) is 43.7 Å². The number of nitrogens with one attached hydrogen (secondary N) is 2. The van der Waals surface area contributed by atoms with Crippen molar-refractivity contribution < 1.29 is 14.3 Å². The largest absolute Gasteiger partial charge is 0.373 e. The predicted molar refractivity (Wildman–Crippen MR) is 115 cm³/mol. The molecule has 29 heavy (non-hydrogen) atoms. The molecule has 2 heterocycles. The van der Waals surface area contributed by atoms with E-state index < -0.39 is 0 Å². The normalized spacial score (nSPS) is 20.0. The molecule has 2 unspecified atom stereocenters. The average molecular weight is 415 g/mol. The standard InChI is InChI=1S/C21H26N4O3S/c1-14-10-25(11-15(2)28-14)12-18-13-29-21(23-18)24-19(26)9-6-16-4-7-17(8-5-16)20(27)22-3/h4-9,13-15H,10-12H2,1-3H3,(H,22,27)(H,23,24,26)/b9-6+. The van der Waals surface area contributed by atoms with Crippen LogP contribution in [0.3, 0.4) is 0 Å². The molecule has 8 heteroatoms. The Hall–Kier alpha value is -2.55. The van der Waals surface area contributed by atoms with E-state index in [0.29, 0.717) is 10.7 Å². The molecule has 1 aromatic heterocycles. The van der Waals surface area contributed by atoms with Gasteiger partial charge in [0.15, 0.2) is 5.13 Å². The summed E-state index contributed by atoms with van der Waals surface area (Å²) in [6.45, 7) is 6.66. The molecule has 2 atom stereocenters. The molecule has 0 saturated carbocycles. The van der Waals surface area contributed by atoms with Crippen molar-refractivity contribution in [1.82, 2.24) is 15.2 Å². The van der Waals surface area contributed by atoms with Crippen LogP contribution in [0.15, 0.2) is 35.7 Å². The monoisotopic (exact) mass is 414 g/mol. The maximum atomic E-state index is 12.2. The maximum Gasteiger partial charge on any atom is 0.251 e. The Kier molecular flexibility index (Phi) is 7.13. The van der Waals surface area contributed by atoms with Crippen LogP contribution in [0.2, 0.25) is 0 Å². The van der Waals surface area contributed by atoms with Gasteiger partial charge in [0.05, 0.1) is 17.9 Å². The van der Waals surface area contributed by atoms with E-state index in [1.807, 2.05) is 5.38 Å². The van der Waals surface area contributed by atoms with E-state index in [2.05, 4.69) is 34.4 Å². The SMILES string of the molecule is CNC(=O)c1ccc(/C=C/C(=O)Nc2nc(CN3CC(C)OC(C)C3)cs2)cc1. The van der Waals surface area contributed by atoms with E-state index in [9.17, 15) is 9.59 Å². The molecule has 1 aliphatic rings. The van der Waals surface area contributed by atoms with Gasteiger partial charge in [-0.1, -0.05) is 12.1 Å². The number of thiazole rings is 1. The van der Waals surface area contributed by atoms with Crippen LogP contribution in [0.5, 0.6) is 0 Å². The van der Waals surface area contributed by atoms with Crippen molar-refractivity contribution in [3.8, 4) is 0 Å². The van der Waals surface area contributed by atoms with Crippen molar-refractivity contribution in [2.24, 2.45) is 0 Å². The van der Waals surface area contributed by atoms with Crippen LogP contribution in [-0.4, -0.2) is 54.0 Å². The molecule has 0 spiro atoms. The highest BCUT2D eigenvalue weighted by atomic mass is 32.1. The zero-order valence-electron chi connectivity index (χ0n) is 16.8. The second-order valence-corrected chi connectivity index (χ2v) is 7.98. The summed E-state index contributed by atoms with van der Waals surface area (Å²) in [5.74, 6) is -0.381. The first-order valence-electron chi connectivity index (χ1n) is 9.56. The van der Waals surface area contributed by atoms with Crippen molar-refractivity contribution >= 4 is 34.4 Å². The number of hydrogen-bond acceptors (Lipinski definition) is 6. The molecule has 1 aliphatic heterocycles. The first-order valence-corrected chi connectivity index (χ1v) is 10.4. The van der Waals surface area contributed by atoms with Crippen LogP contribution in [0, 0.1) is 0 Å². The number of benzene rings is 1. The van der Waals surface area contributed by atoms with Crippen molar-refractivity contribution in [2.45, 2.75) is 32.6 Å². The van der Waals surface area contributed by atoms with E-state index in [1.165, 1.54) is 17.4 Å². The third-order valence-electron chi connectivity index (χ3n) is 4.49. The van der Waals surface area contributed by atoms with E-state index in [4.69, 9.17) is 4.74 Å². The zero-order valence-corrected chi connectivity index (χ0v) is 17.7. The minimum atomic E-state index is -0.241. The highest BCUT2D eigenvalue weighted by Crippen LogP contribution is 2.19. The van der Waals surface area contributed by atoms with E-state index in [1.54, 1.807) is 37.4 Å². The lowest BCUT2D eigenvalue weighted by Gasteiger charge is -2.34. The Morgan fingerprint density at radius 3 is 2.59 bits per heavy atom. The minimum Gasteiger partial charge on any atom is -0.373 e. The summed E-state index contributed by atoms with van der Waals surface area (Å²) in [6.07, 6.45) is 3.59. The summed E-state index contributed by atoms with van der Waals surface area (Å²) in [5.41, 5.74) is 2.36. The van der Waals surface area contributed by atoms with Crippen LogP contribution < -0.4 is 10.6 Å². The third kappa shape index (κ3) is 6.22. The van der Waals surface area contributed by atoms with Gasteiger partial charge < -0.3 is 10.1 Å². The first kappa shape index (κ1) is 21.2. The summed E-state index contributed by atoms with van der Waals surface area (Å²) in [6, 6.07) is 7.02. The van der Waals surface area contributed by atoms with Crippen molar-refractivity contribution in [1.29, 1.82) is 0 Å². The van der Waals surface area contributed by atoms with Gasteiger partial charge in [-0.2, -0.15) is 0 Å². The molecule has 2 N–H and O–H groups in total. The van der Waals surface area contributed by atoms with Crippen LogP contribution in [-0.2, 0) is 16.1 Å². The maximum absolute atomic E-state index is 12.2. The van der Waals surface area contributed by atoms with Crippen LogP contribution >= 0.6 is 11.3 Å². The Bertz CT molecular complexity index is 868. The van der Waals surface area contributed by atoms with E-state index in [0.717, 1.165) is 30.9 Å². The highest BCUT2D eigenvalue weighted by molar-refractivity contribution is 7.13.